The number of methoxy groups -OCH3 is 3. The van der Waals surface area contributed by atoms with Crippen LogP contribution in [0, 0.1) is 0 Å². The Morgan fingerprint density at radius 2 is 1.66 bits per heavy atom. The number of Topliss-reactive ketones (excluding diaryl/α,β-unsaturated/α-hetero) is 1. The highest BCUT2D eigenvalue weighted by Gasteiger charge is 2.21. The van der Waals surface area contributed by atoms with Gasteiger partial charge in [-0.15, -0.1) is 0 Å². The third-order valence-corrected chi connectivity index (χ3v) is 6.73. The number of benzene rings is 3. The van der Waals surface area contributed by atoms with E-state index in [2.05, 4.69) is 0 Å². The summed E-state index contributed by atoms with van der Waals surface area (Å²) >= 11 is 1.26. The molecule has 8 heteroatoms. The molecule has 0 N–H and O–H groups in total. The van der Waals surface area contributed by atoms with Crippen LogP contribution in [-0.2, 0) is 6.54 Å². The summed E-state index contributed by atoms with van der Waals surface area (Å²) in [6.07, 6.45) is 0. The lowest BCUT2D eigenvalue weighted by Gasteiger charge is -2.17. The number of aromatic nitrogens is 2. The first-order chi connectivity index (χ1) is 16.9. The third-order valence-electron chi connectivity index (χ3n) is 5.64. The van der Waals surface area contributed by atoms with E-state index >= 15 is 0 Å². The molecule has 1 unspecified atom stereocenters. The Morgan fingerprint density at radius 1 is 0.943 bits per heavy atom. The molecule has 1 aromatic heterocycles. The van der Waals surface area contributed by atoms with Gasteiger partial charge in [0, 0.05) is 5.56 Å². The molecule has 4 aromatic rings. The van der Waals surface area contributed by atoms with E-state index in [9.17, 15) is 9.59 Å². The van der Waals surface area contributed by atoms with E-state index in [1.165, 1.54) is 11.8 Å². The standard InChI is InChI=1S/C27H26N2O5S/c1-17(25(30)19-10-12-20(32-2)13-11-19)35-27-28-22-8-6-5-7-21(22)26(31)29(27)16-18-9-14-23(33-3)24(15-18)34-4/h5-15,17H,16H2,1-4H3. The van der Waals surface area contributed by atoms with Crippen LogP contribution in [0.1, 0.15) is 22.8 Å². The van der Waals surface area contributed by atoms with E-state index in [-0.39, 0.29) is 17.9 Å². The summed E-state index contributed by atoms with van der Waals surface area (Å²) in [5, 5.41) is 0.525. The monoisotopic (exact) mass is 490 g/mol. The van der Waals surface area contributed by atoms with Crippen LogP contribution < -0.4 is 19.8 Å². The van der Waals surface area contributed by atoms with Crippen molar-refractivity contribution < 1.29 is 19.0 Å². The lowest BCUT2D eigenvalue weighted by Crippen LogP contribution is -2.25. The number of carbonyl (C=O) groups excluding carboxylic acids is 1. The largest absolute Gasteiger partial charge is 0.497 e. The van der Waals surface area contributed by atoms with Gasteiger partial charge in [0.05, 0.1) is 44.0 Å². The minimum Gasteiger partial charge on any atom is -0.497 e. The maximum Gasteiger partial charge on any atom is 0.262 e. The SMILES string of the molecule is COc1ccc(C(=O)C(C)Sc2nc3ccccc3c(=O)n2Cc2ccc(OC)c(OC)c2)cc1. The van der Waals surface area contributed by atoms with Crippen LogP contribution in [0.5, 0.6) is 17.2 Å². The Labute approximate surface area is 207 Å². The second kappa shape index (κ2) is 10.7. The molecular formula is C27H26N2O5S. The molecule has 7 nitrogen and oxygen atoms in total. The van der Waals surface area contributed by atoms with Crippen molar-refractivity contribution in [3.8, 4) is 17.2 Å². The molecule has 4 rings (SSSR count). The fraction of sp³-hybridized carbons (Fsp3) is 0.222. The van der Waals surface area contributed by atoms with Gasteiger partial charge in [0.25, 0.3) is 5.56 Å². The first-order valence-electron chi connectivity index (χ1n) is 11.0. The second-order valence-corrected chi connectivity index (χ2v) is 9.15. The maximum absolute atomic E-state index is 13.5. The minimum absolute atomic E-state index is 0.0577. The van der Waals surface area contributed by atoms with Gasteiger partial charge in [-0.1, -0.05) is 30.0 Å². The summed E-state index contributed by atoms with van der Waals surface area (Å²) < 4.78 is 17.5. The van der Waals surface area contributed by atoms with E-state index < -0.39 is 5.25 Å². The van der Waals surface area contributed by atoms with Crippen LogP contribution >= 0.6 is 11.8 Å². The topological polar surface area (TPSA) is 79.7 Å². The quantitative estimate of drug-likeness (QED) is 0.189. The van der Waals surface area contributed by atoms with Gasteiger partial charge >= 0.3 is 0 Å². The van der Waals surface area contributed by atoms with Gasteiger partial charge in [-0.25, -0.2) is 4.98 Å². The molecule has 0 radical (unpaired) electrons. The van der Waals surface area contributed by atoms with E-state index in [1.54, 1.807) is 68.4 Å². The van der Waals surface area contributed by atoms with Gasteiger partial charge in [0.2, 0.25) is 0 Å². The van der Waals surface area contributed by atoms with Crippen molar-refractivity contribution in [2.24, 2.45) is 0 Å². The molecule has 0 aliphatic carbocycles. The molecule has 0 spiro atoms. The zero-order valence-electron chi connectivity index (χ0n) is 20.0. The molecule has 1 heterocycles. The van der Waals surface area contributed by atoms with E-state index in [1.807, 2.05) is 31.2 Å². The Hall–Kier alpha value is -3.78. The van der Waals surface area contributed by atoms with Gasteiger partial charge in [0.1, 0.15) is 5.75 Å². The van der Waals surface area contributed by atoms with Crippen molar-refractivity contribution in [2.75, 3.05) is 21.3 Å². The molecule has 35 heavy (non-hydrogen) atoms. The minimum atomic E-state index is -0.465. The smallest absolute Gasteiger partial charge is 0.262 e. The van der Waals surface area contributed by atoms with E-state index in [0.717, 1.165) is 5.56 Å². The molecule has 3 aromatic carbocycles. The fourth-order valence-corrected chi connectivity index (χ4v) is 4.73. The number of hydrogen-bond donors (Lipinski definition) is 0. The highest BCUT2D eigenvalue weighted by Crippen LogP contribution is 2.30. The molecule has 0 amide bonds. The average Bonchev–Trinajstić information content (AvgIpc) is 2.90. The van der Waals surface area contributed by atoms with Crippen LogP contribution in [0.2, 0.25) is 0 Å². The highest BCUT2D eigenvalue weighted by atomic mass is 32.2. The van der Waals surface area contributed by atoms with Gasteiger partial charge in [-0.3, -0.25) is 14.2 Å². The number of nitrogens with zero attached hydrogens (tertiary/aromatic N) is 2. The normalized spacial score (nSPS) is 11.8. The molecule has 0 saturated heterocycles. The molecule has 0 aliphatic heterocycles. The predicted octanol–water partition coefficient (Wildman–Crippen LogP) is 4.83. The van der Waals surface area contributed by atoms with Crippen LogP contribution in [0.25, 0.3) is 10.9 Å². The molecule has 0 fully saturated rings. The Balaban J connectivity index is 1.71. The molecular weight excluding hydrogens is 464 g/mol. The number of carbonyl (C=O) groups is 1. The van der Waals surface area contributed by atoms with Gasteiger partial charge < -0.3 is 14.2 Å². The first kappa shape index (κ1) is 24.3. The summed E-state index contributed by atoms with van der Waals surface area (Å²) in [5.74, 6) is 1.80. The number of rotatable bonds is 9. The fourth-order valence-electron chi connectivity index (χ4n) is 3.74. The van der Waals surface area contributed by atoms with E-state index in [0.29, 0.717) is 38.9 Å². The van der Waals surface area contributed by atoms with Crippen molar-refractivity contribution in [1.29, 1.82) is 0 Å². The highest BCUT2D eigenvalue weighted by molar-refractivity contribution is 8.00. The molecule has 180 valence electrons. The van der Waals surface area contributed by atoms with Crippen molar-refractivity contribution in [3.63, 3.8) is 0 Å². The third kappa shape index (κ3) is 5.17. The number of para-hydroxylation sites is 1. The second-order valence-electron chi connectivity index (χ2n) is 7.84. The number of thioether (sulfide) groups is 1. The van der Waals surface area contributed by atoms with Gasteiger partial charge in [-0.2, -0.15) is 0 Å². The van der Waals surface area contributed by atoms with Crippen molar-refractivity contribution in [1.82, 2.24) is 9.55 Å². The number of ketones is 1. The Morgan fingerprint density at radius 3 is 2.34 bits per heavy atom. The van der Waals surface area contributed by atoms with Crippen LogP contribution in [0.3, 0.4) is 0 Å². The van der Waals surface area contributed by atoms with Crippen LogP contribution in [0.15, 0.2) is 76.7 Å². The van der Waals surface area contributed by atoms with Gasteiger partial charge in [-0.05, 0) is 61.0 Å². The van der Waals surface area contributed by atoms with Gasteiger partial charge in [0.15, 0.2) is 22.4 Å². The predicted molar refractivity (Wildman–Crippen MR) is 137 cm³/mol. The lowest BCUT2D eigenvalue weighted by molar-refractivity contribution is 0.0994. The zero-order chi connectivity index (χ0) is 24.9. The zero-order valence-corrected chi connectivity index (χ0v) is 20.8. The molecule has 0 bridgehead atoms. The summed E-state index contributed by atoms with van der Waals surface area (Å²) in [5.41, 5.74) is 1.84. The lowest BCUT2D eigenvalue weighted by atomic mass is 10.1. The summed E-state index contributed by atoms with van der Waals surface area (Å²) in [6.45, 7) is 2.09. The van der Waals surface area contributed by atoms with Crippen LogP contribution in [0.4, 0.5) is 0 Å². The summed E-state index contributed by atoms with van der Waals surface area (Å²) in [6, 6.07) is 19.7. The maximum atomic E-state index is 13.5. The van der Waals surface area contributed by atoms with Crippen molar-refractivity contribution >= 4 is 28.4 Å². The van der Waals surface area contributed by atoms with Crippen molar-refractivity contribution in [3.05, 3.63) is 88.2 Å². The molecule has 0 aliphatic rings. The average molecular weight is 491 g/mol. The molecule has 0 saturated carbocycles. The summed E-state index contributed by atoms with van der Waals surface area (Å²) in [4.78, 5) is 31.3. The molecule has 1 atom stereocenters. The Kier molecular flexibility index (Phi) is 7.41. The van der Waals surface area contributed by atoms with Crippen molar-refractivity contribution in [2.45, 2.75) is 23.9 Å². The summed E-state index contributed by atoms with van der Waals surface area (Å²) in [7, 11) is 4.72. The number of hydrogen-bond acceptors (Lipinski definition) is 7. The first-order valence-corrected chi connectivity index (χ1v) is 11.9. The number of fused-ring (bicyclic) bond motifs is 1. The van der Waals surface area contributed by atoms with E-state index in [4.69, 9.17) is 19.2 Å². The number of ether oxygens (including phenoxy) is 3. The van der Waals surface area contributed by atoms with Crippen LogP contribution in [-0.4, -0.2) is 41.9 Å². The Bertz CT molecular complexity index is 1420.